The molecule has 96 valence electrons. The summed E-state index contributed by atoms with van der Waals surface area (Å²) in [5.41, 5.74) is 6.91. The topological polar surface area (TPSA) is 42.1 Å². The zero-order valence-electron chi connectivity index (χ0n) is 11.6. The molecule has 0 aromatic carbocycles. The van der Waals surface area contributed by atoms with E-state index in [9.17, 15) is 0 Å². The van der Waals surface area contributed by atoms with Crippen LogP contribution in [0.5, 0.6) is 0 Å². The van der Waals surface area contributed by atoms with Gasteiger partial charge in [-0.3, -0.25) is 0 Å². The molecule has 0 aliphatic rings. The van der Waals surface area contributed by atoms with E-state index < -0.39 is 0 Å². The smallest absolute Gasteiger partial charge is 0.128 e. The lowest BCUT2D eigenvalue weighted by Gasteiger charge is -2.29. The van der Waals surface area contributed by atoms with Gasteiger partial charge in [-0.25, -0.2) is 4.98 Å². The third-order valence-corrected chi connectivity index (χ3v) is 2.78. The van der Waals surface area contributed by atoms with Gasteiger partial charge < -0.3 is 10.6 Å². The van der Waals surface area contributed by atoms with Crippen LogP contribution in [-0.2, 0) is 0 Å². The summed E-state index contributed by atoms with van der Waals surface area (Å²) in [4.78, 5) is 6.85. The molecule has 1 aromatic heterocycles. The Morgan fingerprint density at radius 2 is 1.82 bits per heavy atom. The Kier molecular flexibility index (Phi) is 4.94. The van der Waals surface area contributed by atoms with Gasteiger partial charge in [-0.05, 0) is 38.3 Å². The second-order valence-corrected chi connectivity index (χ2v) is 5.38. The molecule has 0 spiro atoms. The van der Waals surface area contributed by atoms with Gasteiger partial charge in [-0.1, -0.05) is 19.9 Å². The van der Waals surface area contributed by atoms with E-state index in [1.54, 1.807) is 0 Å². The molecule has 1 aromatic rings. The van der Waals surface area contributed by atoms with Crippen molar-refractivity contribution in [2.24, 2.45) is 11.7 Å². The minimum atomic E-state index is 0.0501. The molecule has 1 rings (SSSR count). The fourth-order valence-electron chi connectivity index (χ4n) is 1.80. The predicted octanol–water partition coefficient (Wildman–Crippen LogP) is 2.97. The van der Waals surface area contributed by atoms with Gasteiger partial charge in [0.2, 0.25) is 0 Å². The molecule has 3 heteroatoms. The Bertz CT molecular complexity index is 328. The first-order valence-corrected chi connectivity index (χ1v) is 6.40. The summed E-state index contributed by atoms with van der Waals surface area (Å²) in [5, 5.41) is 0. The fourth-order valence-corrected chi connectivity index (χ4v) is 1.80. The minimum absolute atomic E-state index is 0.0501. The van der Waals surface area contributed by atoms with Crippen molar-refractivity contribution in [3.63, 3.8) is 0 Å². The molecular weight excluding hydrogens is 210 g/mol. The van der Waals surface area contributed by atoms with Crippen LogP contribution < -0.4 is 10.6 Å². The van der Waals surface area contributed by atoms with Gasteiger partial charge >= 0.3 is 0 Å². The summed E-state index contributed by atoms with van der Waals surface area (Å²) in [5.74, 6) is 1.67. The first-order valence-electron chi connectivity index (χ1n) is 6.40. The zero-order valence-corrected chi connectivity index (χ0v) is 11.6. The van der Waals surface area contributed by atoms with Crippen LogP contribution in [0.4, 0.5) is 5.82 Å². The molecule has 1 heterocycles. The number of anilines is 1. The van der Waals surface area contributed by atoms with Gasteiger partial charge in [0.1, 0.15) is 5.82 Å². The summed E-state index contributed by atoms with van der Waals surface area (Å²) in [6.07, 6.45) is 1.88. The van der Waals surface area contributed by atoms with Gasteiger partial charge in [0.05, 0.1) is 0 Å². The van der Waals surface area contributed by atoms with Crippen molar-refractivity contribution in [2.45, 2.75) is 46.7 Å². The molecular formula is C14H25N3. The molecule has 0 aliphatic carbocycles. The standard InChI is InChI=1S/C14H25N3/c1-10(2)9-17(11(3)4)14-7-6-13(8-16-14)12(5)15/h6-8,10-12H,9,15H2,1-5H3/t12-/m1/s1. The minimum Gasteiger partial charge on any atom is -0.354 e. The molecule has 2 N–H and O–H groups in total. The predicted molar refractivity (Wildman–Crippen MR) is 74.2 cm³/mol. The molecule has 0 fully saturated rings. The average Bonchev–Trinajstić information content (AvgIpc) is 2.25. The van der Waals surface area contributed by atoms with Crippen molar-refractivity contribution < 1.29 is 0 Å². The molecule has 3 nitrogen and oxygen atoms in total. The van der Waals surface area contributed by atoms with Crippen LogP contribution in [0, 0.1) is 5.92 Å². The third kappa shape index (κ3) is 4.00. The largest absolute Gasteiger partial charge is 0.354 e. The lowest BCUT2D eigenvalue weighted by Crippen LogP contribution is -2.34. The van der Waals surface area contributed by atoms with Gasteiger partial charge in [0.25, 0.3) is 0 Å². The van der Waals surface area contributed by atoms with Crippen LogP contribution in [0.3, 0.4) is 0 Å². The van der Waals surface area contributed by atoms with E-state index in [1.165, 1.54) is 0 Å². The number of nitrogens with two attached hydrogens (primary N) is 1. The Balaban J connectivity index is 2.87. The van der Waals surface area contributed by atoms with Gasteiger partial charge in [-0.15, -0.1) is 0 Å². The molecule has 0 saturated carbocycles. The summed E-state index contributed by atoms with van der Waals surface area (Å²) < 4.78 is 0. The van der Waals surface area contributed by atoms with Crippen LogP contribution >= 0.6 is 0 Å². The van der Waals surface area contributed by atoms with E-state index in [1.807, 2.05) is 13.1 Å². The van der Waals surface area contributed by atoms with E-state index in [0.29, 0.717) is 12.0 Å². The first kappa shape index (κ1) is 14.0. The van der Waals surface area contributed by atoms with Crippen molar-refractivity contribution in [3.8, 4) is 0 Å². The maximum Gasteiger partial charge on any atom is 0.128 e. The maximum atomic E-state index is 5.83. The van der Waals surface area contributed by atoms with E-state index in [0.717, 1.165) is 17.9 Å². The SMILES string of the molecule is CC(C)CN(c1ccc([C@@H](C)N)cn1)C(C)C. The quantitative estimate of drug-likeness (QED) is 0.853. The zero-order chi connectivity index (χ0) is 13.0. The van der Waals surface area contributed by atoms with Crippen molar-refractivity contribution in [3.05, 3.63) is 23.9 Å². The summed E-state index contributed by atoms with van der Waals surface area (Å²) in [6, 6.07) is 4.66. The number of nitrogens with zero attached hydrogens (tertiary/aromatic N) is 2. The molecule has 1 atom stereocenters. The monoisotopic (exact) mass is 235 g/mol. The van der Waals surface area contributed by atoms with Crippen LogP contribution in [0.25, 0.3) is 0 Å². The Morgan fingerprint density at radius 3 is 2.18 bits per heavy atom. The van der Waals surface area contributed by atoms with Gasteiger partial charge in [0.15, 0.2) is 0 Å². The highest BCUT2D eigenvalue weighted by Crippen LogP contribution is 2.18. The summed E-state index contributed by atoms with van der Waals surface area (Å²) in [6.45, 7) is 11.9. The normalized spacial score (nSPS) is 13.2. The number of hydrogen-bond acceptors (Lipinski definition) is 3. The molecule has 0 unspecified atom stereocenters. The van der Waals surface area contributed by atoms with Gasteiger partial charge in [-0.2, -0.15) is 0 Å². The number of aromatic nitrogens is 1. The van der Waals surface area contributed by atoms with Gasteiger partial charge in [0, 0.05) is 24.8 Å². The second-order valence-electron chi connectivity index (χ2n) is 5.38. The molecule has 17 heavy (non-hydrogen) atoms. The molecule has 0 aliphatic heterocycles. The van der Waals surface area contributed by atoms with E-state index in [-0.39, 0.29) is 6.04 Å². The van der Waals surface area contributed by atoms with Crippen molar-refractivity contribution in [1.29, 1.82) is 0 Å². The number of rotatable bonds is 5. The van der Waals surface area contributed by atoms with Crippen LogP contribution in [0.1, 0.15) is 46.2 Å². The molecule has 0 amide bonds. The fraction of sp³-hybridized carbons (Fsp3) is 0.643. The van der Waals surface area contributed by atoms with E-state index in [4.69, 9.17) is 5.73 Å². The number of pyridine rings is 1. The lowest BCUT2D eigenvalue weighted by molar-refractivity contribution is 0.566. The average molecular weight is 235 g/mol. The van der Waals surface area contributed by atoms with Crippen molar-refractivity contribution in [1.82, 2.24) is 4.98 Å². The highest BCUT2D eigenvalue weighted by Gasteiger charge is 2.13. The third-order valence-electron chi connectivity index (χ3n) is 2.78. The van der Waals surface area contributed by atoms with Crippen LogP contribution in [0.2, 0.25) is 0 Å². The van der Waals surface area contributed by atoms with Crippen LogP contribution in [0.15, 0.2) is 18.3 Å². The molecule has 0 saturated heterocycles. The molecule has 0 radical (unpaired) electrons. The maximum absolute atomic E-state index is 5.83. The highest BCUT2D eigenvalue weighted by atomic mass is 15.2. The van der Waals surface area contributed by atoms with E-state index >= 15 is 0 Å². The Labute approximate surface area is 105 Å². The van der Waals surface area contributed by atoms with Crippen molar-refractivity contribution >= 4 is 5.82 Å². The highest BCUT2D eigenvalue weighted by molar-refractivity contribution is 5.40. The van der Waals surface area contributed by atoms with Crippen LogP contribution in [-0.4, -0.2) is 17.6 Å². The second kappa shape index (κ2) is 6.01. The number of hydrogen-bond donors (Lipinski definition) is 1. The van der Waals surface area contributed by atoms with E-state index in [2.05, 4.69) is 49.7 Å². The molecule has 0 bridgehead atoms. The summed E-state index contributed by atoms with van der Waals surface area (Å²) in [7, 11) is 0. The lowest BCUT2D eigenvalue weighted by atomic mass is 10.1. The van der Waals surface area contributed by atoms with Crippen molar-refractivity contribution in [2.75, 3.05) is 11.4 Å². The first-order chi connectivity index (χ1) is 7.91. The summed E-state index contributed by atoms with van der Waals surface area (Å²) >= 11 is 0. The Morgan fingerprint density at radius 1 is 1.18 bits per heavy atom. The Hall–Kier alpha value is -1.09.